The fourth-order valence-corrected chi connectivity index (χ4v) is 3.26. The van der Waals surface area contributed by atoms with Crippen molar-refractivity contribution in [3.05, 3.63) is 71.2 Å². The number of aromatic nitrogens is 3. The smallest absolute Gasteiger partial charge is 0.227 e. The van der Waals surface area contributed by atoms with Crippen LogP contribution in [0, 0.1) is 23.0 Å². The van der Waals surface area contributed by atoms with Crippen molar-refractivity contribution in [2.75, 3.05) is 6.54 Å². The summed E-state index contributed by atoms with van der Waals surface area (Å²) in [6.45, 7) is 1.38. The maximum absolute atomic E-state index is 13.5. The van der Waals surface area contributed by atoms with Crippen LogP contribution < -0.4 is 0 Å². The molecule has 0 bridgehead atoms. The van der Waals surface area contributed by atoms with E-state index in [2.05, 4.69) is 10.1 Å². The topological polar surface area (TPSA) is 74.8 Å². The van der Waals surface area contributed by atoms with Gasteiger partial charge < -0.3 is 4.90 Å². The molecule has 6 nitrogen and oxygen atoms in total. The Morgan fingerprint density at radius 3 is 2.79 bits per heavy atom. The number of hydrogen-bond acceptors (Lipinski definition) is 4. The highest BCUT2D eigenvalue weighted by Crippen LogP contribution is 2.26. The van der Waals surface area contributed by atoms with Gasteiger partial charge >= 0.3 is 0 Å². The van der Waals surface area contributed by atoms with Gasteiger partial charge in [-0.1, -0.05) is 6.07 Å². The molecule has 0 fully saturated rings. The van der Waals surface area contributed by atoms with Gasteiger partial charge in [-0.2, -0.15) is 10.4 Å². The first-order valence-corrected chi connectivity index (χ1v) is 8.68. The van der Waals surface area contributed by atoms with Crippen molar-refractivity contribution in [1.29, 1.82) is 5.26 Å². The fraction of sp³-hybridized carbons (Fsp3) is 0.200. The summed E-state index contributed by atoms with van der Waals surface area (Å²) in [7, 11) is 0. The highest BCUT2D eigenvalue weighted by Gasteiger charge is 2.25. The molecule has 2 aromatic heterocycles. The number of halogens is 2. The molecule has 140 valence electrons. The molecule has 8 heteroatoms. The van der Waals surface area contributed by atoms with Gasteiger partial charge in [0.1, 0.15) is 17.7 Å². The summed E-state index contributed by atoms with van der Waals surface area (Å²) in [5.41, 5.74) is 2.69. The lowest BCUT2D eigenvalue weighted by Gasteiger charge is -2.28. The Labute approximate surface area is 159 Å². The number of fused-ring (bicyclic) bond motifs is 1. The zero-order valence-corrected chi connectivity index (χ0v) is 14.8. The van der Waals surface area contributed by atoms with Crippen molar-refractivity contribution >= 4 is 5.91 Å². The van der Waals surface area contributed by atoms with Crippen LogP contribution in [0.5, 0.6) is 0 Å². The van der Waals surface area contributed by atoms with E-state index in [0.717, 1.165) is 17.5 Å². The third-order valence-corrected chi connectivity index (χ3v) is 4.73. The van der Waals surface area contributed by atoms with Crippen molar-refractivity contribution in [2.24, 2.45) is 0 Å². The van der Waals surface area contributed by atoms with Crippen LogP contribution in [0.3, 0.4) is 0 Å². The summed E-state index contributed by atoms with van der Waals surface area (Å²) in [5, 5.41) is 13.3. The predicted octanol–water partition coefficient (Wildman–Crippen LogP) is 2.68. The number of pyridine rings is 1. The molecule has 0 aliphatic carbocycles. The minimum Gasteiger partial charge on any atom is -0.335 e. The van der Waals surface area contributed by atoms with Crippen LogP contribution in [0.4, 0.5) is 8.78 Å². The van der Waals surface area contributed by atoms with Crippen LogP contribution in [0.25, 0.3) is 11.3 Å². The van der Waals surface area contributed by atoms with Gasteiger partial charge in [0.15, 0.2) is 0 Å². The van der Waals surface area contributed by atoms with Crippen LogP contribution in [-0.2, 0) is 24.3 Å². The lowest BCUT2D eigenvalue weighted by atomic mass is 10.1. The zero-order valence-electron chi connectivity index (χ0n) is 14.8. The van der Waals surface area contributed by atoms with Gasteiger partial charge in [-0.25, -0.2) is 8.78 Å². The lowest BCUT2D eigenvalue weighted by molar-refractivity contribution is -0.131. The van der Waals surface area contributed by atoms with E-state index in [1.165, 1.54) is 24.3 Å². The van der Waals surface area contributed by atoms with Gasteiger partial charge in [0.25, 0.3) is 0 Å². The molecule has 0 unspecified atom stereocenters. The monoisotopic (exact) mass is 379 g/mol. The fourth-order valence-electron chi connectivity index (χ4n) is 3.26. The average molecular weight is 379 g/mol. The molecule has 28 heavy (non-hydrogen) atoms. The molecular weight excluding hydrogens is 364 g/mol. The molecule has 0 atom stereocenters. The standard InChI is InChI=1S/C20H15F2N5O/c21-15-2-4-18(24-10-15)16-11-25-27-6-5-26(12-19(16)27)20(28)8-13-1-3-17(22)14(7-13)9-23/h1-4,7,10-11H,5-6,8,12H2. The van der Waals surface area contributed by atoms with Crippen LogP contribution in [0.15, 0.2) is 42.7 Å². The number of benzene rings is 1. The Morgan fingerprint density at radius 2 is 2.04 bits per heavy atom. The van der Waals surface area contributed by atoms with Crippen molar-refractivity contribution in [1.82, 2.24) is 19.7 Å². The van der Waals surface area contributed by atoms with Gasteiger partial charge in [-0.3, -0.25) is 14.5 Å². The highest BCUT2D eigenvalue weighted by molar-refractivity contribution is 5.79. The van der Waals surface area contributed by atoms with Crippen molar-refractivity contribution < 1.29 is 13.6 Å². The highest BCUT2D eigenvalue weighted by atomic mass is 19.1. The summed E-state index contributed by atoms with van der Waals surface area (Å²) < 4.78 is 28.4. The van der Waals surface area contributed by atoms with E-state index in [0.29, 0.717) is 30.9 Å². The molecule has 0 spiro atoms. The molecule has 0 N–H and O–H groups in total. The Kier molecular flexibility index (Phi) is 4.57. The number of rotatable bonds is 3. The van der Waals surface area contributed by atoms with E-state index in [-0.39, 0.29) is 17.9 Å². The number of carbonyl (C=O) groups excluding carboxylic acids is 1. The van der Waals surface area contributed by atoms with Crippen LogP contribution in [-0.4, -0.2) is 32.1 Å². The van der Waals surface area contributed by atoms with Crippen LogP contribution >= 0.6 is 0 Å². The number of carbonyl (C=O) groups is 1. The summed E-state index contributed by atoms with van der Waals surface area (Å²) in [4.78, 5) is 18.5. The summed E-state index contributed by atoms with van der Waals surface area (Å²) >= 11 is 0. The minimum atomic E-state index is -0.600. The first-order chi connectivity index (χ1) is 13.5. The maximum atomic E-state index is 13.5. The lowest BCUT2D eigenvalue weighted by Crippen LogP contribution is -2.39. The van der Waals surface area contributed by atoms with Crippen LogP contribution in [0.2, 0.25) is 0 Å². The molecule has 1 amide bonds. The SMILES string of the molecule is N#Cc1cc(CC(=O)N2CCn3ncc(-c4ccc(F)cn4)c3C2)ccc1F. The third-order valence-electron chi connectivity index (χ3n) is 4.73. The maximum Gasteiger partial charge on any atom is 0.227 e. The second-order valence-corrected chi connectivity index (χ2v) is 6.51. The largest absolute Gasteiger partial charge is 0.335 e. The molecule has 1 aliphatic rings. The molecule has 3 heterocycles. The van der Waals surface area contributed by atoms with E-state index in [1.54, 1.807) is 23.2 Å². The number of nitriles is 1. The van der Waals surface area contributed by atoms with Gasteiger partial charge in [0.05, 0.1) is 48.9 Å². The Morgan fingerprint density at radius 1 is 1.18 bits per heavy atom. The van der Waals surface area contributed by atoms with Gasteiger partial charge in [0.2, 0.25) is 5.91 Å². The Hall–Kier alpha value is -3.60. The van der Waals surface area contributed by atoms with Crippen molar-refractivity contribution in [2.45, 2.75) is 19.5 Å². The quantitative estimate of drug-likeness (QED) is 0.701. The third kappa shape index (κ3) is 3.34. The molecule has 0 saturated heterocycles. The van der Waals surface area contributed by atoms with E-state index < -0.39 is 11.6 Å². The van der Waals surface area contributed by atoms with E-state index >= 15 is 0 Å². The summed E-state index contributed by atoms with van der Waals surface area (Å²) in [6.07, 6.45) is 2.89. The number of nitrogens with zero attached hydrogens (tertiary/aromatic N) is 5. The second-order valence-electron chi connectivity index (χ2n) is 6.51. The molecule has 0 saturated carbocycles. The average Bonchev–Trinajstić information content (AvgIpc) is 3.13. The van der Waals surface area contributed by atoms with Crippen molar-refractivity contribution in [3.8, 4) is 17.3 Å². The first kappa shape index (κ1) is 17.8. The number of hydrogen-bond donors (Lipinski definition) is 0. The molecule has 4 rings (SSSR count). The molecular formula is C20H15F2N5O. The molecule has 0 radical (unpaired) electrons. The normalized spacial score (nSPS) is 13.1. The molecule has 3 aromatic rings. The Bertz CT molecular complexity index is 1080. The first-order valence-electron chi connectivity index (χ1n) is 8.68. The van der Waals surface area contributed by atoms with E-state index in [9.17, 15) is 13.6 Å². The van der Waals surface area contributed by atoms with Gasteiger partial charge in [-0.05, 0) is 29.8 Å². The summed E-state index contributed by atoms with van der Waals surface area (Å²) in [6, 6.07) is 8.80. The Balaban J connectivity index is 1.54. The second kappa shape index (κ2) is 7.19. The summed E-state index contributed by atoms with van der Waals surface area (Å²) in [5.74, 6) is -1.14. The van der Waals surface area contributed by atoms with Crippen molar-refractivity contribution in [3.63, 3.8) is 0 Å². The molecule has 1 aliphatic heterocycles. The van der Waals surface area contributed by atoms with Crippen LogP contribution in [0.1, 0.15) is 16.8 Å². The van der Waals surface area contributed by atoms with E-state index in [4.69, 9.17) is 5.26 Å². The number of amides is 1. The zero-order chi connectivity index (χ0) is 19.7. The molecule has 1 aromatic carbocycles. The van der Waals surface area contributed by atoms with E-state index in [1.807, 2.05) is 4.68 Å². The van der Waals surface area contributed by atoms with Gasteiger partial charge in [0, 0.05) is 12.1 Å². The van der Waals surface area contributed by atoms with Gasteiger partial charge in [-0.15, -0.1) is 0 Å². The minimum absolute atomic E-state index is 0.0766. The predicted molar refractivity (Wildman–Crippen MR) is 95.7 cm³/mol.